The summed E-state index contributed by atoms with van der Waals surface area (Å²) in [6.07, 6.45) is 0.0570. The second-order valence-corrected chi connectivity index (χ2v) is 6.31. The summed E-state index contributed by atoms with van der Waals surface area (Å²) in [6, 6.07) is 13.2. The first kappa shape index (κ1) is 19.3. The summed E-state index contributed by atoms with van der Waals surface area (Å²) in [6.45, 7) is 0.505. The van der Waals surface area contributed by atoms with Crippen molar-refractivity contribution < 1.29 is 19.0 Å². The second kappa shape index (κ2) is 9.44. The molecule has 1 unspecified atom stereocenters. The number of carbonyl (C=O) groups excluding carboxylic acids is 1. The number of ether oxygens (including phenoxy) is 3. The lowest BCUT2D eigenvalue weighted by atomic mass is 10.1. The van der Waals surface area contributed by atoms with Crippen LogP contribution in [0.4, 0.5) is 0 Å². The van der Waals surface area contributed by atoms with Crippen molar-refractivity contribution in [3.63, 3.8) is 0 Å². The van der Waals surface area contributed by atoms with Gasteiger partial charge in [0.15, 0.2) is 17.6 Å². The maximum atomic E-state index is 12.4. The molecule has 0 spiro atoms. The molecular weight excluding hydrogens is 386 g/mol. The Morgan fingerprint density at radius 1 is 1.04 bits per heavy atom. The zero-order valence-electron chi connectivity index (χ0n) is 14.5. The summed E-state index contributed by atoms with van der Waals surface area (Å²) in [5.41, 5.74) is 1.87. The zero-order valence-corrected chi connectivity index (χ0v) is 16.1. The van der Waals surface area contributed by atoms with Crippen LogP contribution in [0.1, 0.15) is 17.2 Å². The average molecular weight is 408 g/mol. The maximum absolute atomic E-state index is 12.4. The molecule has 6 heteroatoms. The van der Waals surface area contributed by atoms with Crippen LogP contribution in [0.3, 0.4) is 0 Å². The normalized spacial score (nSPS) is 11.7. The van der Waals surface area contributed by atoms with E-state index in [2.05, 4.69) is 21.2 Å². The maximum Gasteiger partial charge on any atom is 0.253 e. The Morgan fingerprint density at radius 3 is 2.32 bits per heavy atom. The van der Waals surface area contributed by atoms with Crippen molar-refractivity contribution in [3.05, 3.63) is 58.1 Å². The Hall–Kier alpha value is -2.05. The fourth-order valence-electron chi connectivity index (χ4n) is 2.49. The van der Waals surface area contributed by atoms with Crippen LogP contribution in [0.15, 0.2) is 46.9 Å². The summed E-state index contributed by atoms with van der Waals surface area (Å²) in [5.74, 6) is 1.20. The molecule has 5 nitrogen and oxygen atoms in total. The molecule has 0 radical (unpaired) electrons. The molecule has 25 heavy (non-hydrogen) atoms. The van der Waals surface area contributed by atoms with E-state index in [1.54, 1.807) is 14.2 Å². The Labute approximate surface area is 156 Å². The molecule has 1 atom stereocenters. The largest absolute Gasteiger partial charge is 0.493 e. The smallest absolute Gasteiger partial charge is 0.253 e. The highest BCUT2D eigenvalue weighted by molar-refractivity contribution is 9.10. The number of halogens is 1. The Morgan fingerprint density at radius 2 is 1.72 bits per heavy atom. The number of nitrogens with one attached hydrogen (secondary N) is 1. The molecule has 0 aromatic heterocycles. The van der Waals surface area contributed by atoms with Crippen LogP contribution in [0.25, 0.3) is 0 Å². The highest BCUT2D eigenvalue weighted by Gasteiger charge is 2.19. The van der Waals surface area contributed by atoms with Crippen LogP contribution in [-0.2, 0) is 16.0 Å². The van der Waals surface area contributed by atoms with E-state index in [0.717, 1.165) is 15.6 Å². The standard InChI is InChI=1S/C19H22BrNO4/c1-23-16-9-4-13(12-17(16)24-2)10-11-21-19(22)18(25-3)14-5-7-15(20)8-6-14/h4-9,12,18H,10-11H2,1-3H3,(H,21,22). The minimum Gasteiger partial charge on any atom is -0.493 e. The molecule has 0 bridgehead atoms. The van der Waals surface area contributed by atoms with Crippen LogP contribution in [-0.4, -0.2) is 33.8 Å². The minimum absolute atomic E-state index is 0.162. The van der Waals surface area contributed by atoms with Gasteiger partial charge in [0.25, 0.3) is 5.91 Å². The van der Waals surface area contributed by atoms with Gasteiger partial charge >= 0.3 is 0 Å². The van der Waals surface area contributed by atoms with E-state index in [1.807, 2.05) is 42.5 Å². The van der Waals surface area contributed by atoms with Crippen LogP contribution in [0.2, 0.25) is 0 Å². The van der Waals surface area contributed by atoms with Gasteiger partial charge in [0.05, 0.1) is 14.2 Å². The predicted molar refractivity (Wildman–Crippen MR) is 100 cm³/mol. The summed E-state index contributed by atoms with van der Waals surface area (Å²) >= 11 is 3.38. The van der Waals surface area contributed by atoms with Gasteiger partial charge in [-0.05, 0) is 41.8 Å². The van der Waals surface area contributed by atoms with Gasteiger partial charge in [0.2, 0.25) is 0 Å². The van der Waals surface area contributed by atoms with Crippen molar-refractivity contribution in [3.8, 4) is 11.5 Å². The third-order valence-corrected chi connectivity index (χ3v) is 4.34. The van der Waals surface area contributed by atoms with Crippen LogP contribution in [0.5, 0.6) is 11.5 Å². The Kier molecular flexibility index (Phi) is 7.28. The molecule has 1 amide bonds. The lowest BCUT2D eigenvalue weighted by Gasteiger charge is -2.16. The molecule has 0 saturated heterocycles. The molecular formula is C19H22BrNO4. The molecule has 2 aromatic carbocycles. The number of methoxy groups -OCH3 is 3. The lowest BCUT2D eigenvalue weighted by Crippen LogP contribution is -2.31. The summed E-state index contributed by atoms with van der Waals surface area (Å²) in [4.78, 5) is 12.4. The summed E-state index contributed by atoms with van der Waals surface area (Å²) in [5, 5.41) is 2.91. The monoisotopic (exact) mass is 407 g/mol. The van der Waals surface area contributed by atoms with Gasteiger partial charge in [0.1, 0.15) is 0 Å². The van der Waals surface area contributed by atoms with Crippen molar-refractivity contribution in [2.45, 2.75) is 12.5 Å². The van der Waals surface area contributed by atoms with E-state index in [1.165, 1.54) is 7.11 Å². The van der Waals surface area contributed by atoms with Crippen molar-refractivity contribution in [2.75, 3.05) is 27.9 Å². The molecule has 0 saturated carbocycles. The van der Waals surface area contributed by atoms with Gasteiger partial charge in [-0.2, -0.15) is 0 Å². The van der Waals surface area contributed by atoms with Crippen LogP contribution in [0, 0.1) is 0 Å². The fraction of sp³-hybridized carbons (Fsp3) is 0.316. The number of hydrogen-bond acceptors (Lipinski definition) is 4. The van der Waals surface area contributed by atoms with Crippen molar-refractivity contribution >= 4 is 21.8 Å². The van der Waals surface area contributed by atoms with Gasteiger partial charge in [-0.3, -0.25) is 4.79 Å². The van der Waals surface area contributed by atoms with Crippen molar-refractivity contribution in [1.82, 2.24) is 5.32 Å². The first-order valence-corrected chi connectivity index (χ1v) is 8.65. The quantitative estimate of drug-likeness (QED) is 0.727. The van der Waals surface area contributed by atoms with Crippen LogP contribution >= 0.6 is 15.9 Å². The van der Waals surface area contributed by atoms with Crippen molar-refractivity contribution in [2.24, 2.45) is 0 Å². The number of rotatable bonds is 8. The average Bonchev–Trinajstić information content (AvgIpc) is 2.63. The molecule has 2 aromatic rings. The fourth-order valence-corrected chi connectivity index (χ4v) is 2.76. The van der Waals surface area contributed by atoms with E-state index >= 15 is 0 Å². The molecule has 1 N–H and O–H groups in total. The zero-order chi connectivity index (χ0) is 18.2. The third kappa shape index (κ3) is 5.21. The van der Waals surface area contributed by atoms with E-state index < -0.39 is 6.10 Å². The van der Waals surface area contributed by atoms with E-state index in [-0.39, 0.29) is 5.91 Å². The number of amides is 1. The molecule has 0 aliphatic carbocycles. The third-order valence-electron chi connectivity index (χ3n) is 3.81. The number of hydrogen-bond donors (Lipinski definition) is 1. The van der Waals surface area contributed by atoms with Gasteiger partial charge in [-0.15, -0.1) is 0 Å². The predicted octanol–water partition coefficient (Wildman–Crippen LogP) is 3.51. The molecule has 0 aliphatic heterocycles. The first-order valence-electron chi connectivity index (χ1n) is 7.86. The van der Waals surface area contributed by atoms with E-state index in [4.69, 9.17) is 14.2 Å². The summed E-state index contributed by atoms with van der Waals surface area (Å²) in [7, 11) is 4.73. The van der Waals surface area contributed by atoms with E-state index in [9.17, 15) is 4.79 Å². The number of carbonyl (C=O) groups is 1. The SMILES string of the molecule is COc1ccc(CCNC(=O)C(OC)c2ccc(Br)cc2)cc1OC. The molecule has 2 rings (SSSR count). The Balaban J connectivity index is 1.94. The van der Waals surface area contributed by atoms with Gasteiger partial charge in [0, 0.05) is 18.1 Å². The van der Waals surface area contributed by atoms with Gasteiger partial charge in [-0.1, -0.05) is 34.1 Å². The van der Waals surface area contributed by atoms with Gasteiger partial charge in [-0.25, -0.2) is 0 Å². The molecule has 134 valence electrons. The first-order chi connectivity index (χ1) is 12.1. The Bertz CT molecular complexity index is 703. The van der Waals surface area contributed by atoms with Crippen molar-refractivity contribution in [1.29, 1.82) is 0 Å². The lowest BCUT2D eigenvalue weighted by molar-refractivity contribution is -0.131. The van der Waals surface area contributed by atoms with Gasteiger partial charge < -0.3 is 19.5 Å². The number of benzene rings is 2. The topological polar surface area (TPSA) is 56.8 Å². The van der Waals surface area contributed by atoms with E-state index in [0.29, 0.717) is 24.5 Å². The van der Waals surface area contributed by atoms with Crippen LogP contribution < -0.4 is 14.8 Å². The molecule has 0 aliphatic rings. The molecule has 0 fully saturated rings. The summed E-state index contributed by atoms with van der Waals surface area (Å²) < 4.78 is 16.8. The highest BCUT2D eigenvalue weighted by atomic mass is 79.9. The molecule has 0 heterocycles. The highest BCUT2D eigenvalue weighted by Crippen LogP contribution is 2.27. The second-order valence-electron chi connectivity index (χ2n) is 5.40. The minimum atomic E-state index is -0.626.